The lowest BCUT2D eigenvalue weighted by molar-refractivity contribution is 0.0996. The molecule has 21 heavy (non-hydrogen) atoms. The first kappa shape index (κ1) is 13.5. The standard InChI is InChI=1S/C15H10ClN4O/c16-14-13(18-5-6-19-14)8-9-1-2-10-3-4-11(15(17)21)20-12(10)7-9/h1-8H,(H2,17,21). The summed E-state index contributed by atoms with van der Waals surface area (Å²) in [5.74, 6) is -0.553. The summed E-state index contributed by atoms with van der Waals surface area (Å²) in [7, 11) is 0. The van der Waals surface area contributed by atoms with E-state index < -0.39 is 5.91 Å². The number of pyridine rings is 1. The summed E-state index contributed by atoms with van der Waals surface area (Å²) < 4.78 is 0. The first-order chi connectivity index (χ1) is 10.1. The molecule has 2 heterocycles. The zero-order valence-electron chi connectivity index (χ0n) is 10.8. The van der Waals surface area contributed by atoms with Crippen LogP contribution in [0.5, 0.6) is 0 Å². The van der Waals surface area contributed by atoms with Gasteiger partial charge in [-0.15, -0.1) is 0 Å². The van der Waals surface area contributed by atoms with E-state index in [1.807, 2.05) is 24.3 Å². The van der Waals surface area contributed by atoms with Crippen LogP contribution in [-0.2, 0) is 0 Å². The molecule has 0 aliphatic rings. The fraction of sp³-hybridized carbons (Fsp3) is 0. The Bertz CT molecular complexity index is 835. The average Bonchev–Trinajstić information content (AvgIpc) is 2.49. The number of amides is 1. The molecule has 6 heteroatoms. The lowest BCUT2D eigenvalue weighted by atomic mass is 10.1. The summed E-state index contributed by atoms with van der Waals surface area (Å²) in [4.78, 5) is 23.5. The second kappa shape index (κ2) is 5.46. The van der Waals surface area contributed by atoms with Crippen molar-refractivity contribution in [3.05, 3.63) is 71.3 Å². The zero-order chi connectivity index (χ0) is 14.8. The Morgan fingerprint density at radius 1 is 1.14 bits per heavy atom. The molecule has 0 atom stereocenters. The number of aromatic nitrogens is 3. The van der Waals surface area contributed by atoms with Crippen LogP contribution in [0.25, 0.3) is 10.9 Å². The van der Waals surface area contributed by atoms with Gasteiger partial charge in [0.15, 0.2) is 5.15 Å². The van der Waals surface area contributed by atoms with Crippen LogP contribution in [-0.4, -0.2) is 20.9 Å². The molecule has 3 rings (SSSR count). The van der Waals surface area contributed by atoms with Crippen LogP contribution in [0, 0.1) is 6.42 Å². The summed E-state index contributed by atoms with van der Waals surface area (Å²) >= 11 is 5.98. The third-order valence-corrected chi connectivity index (χ3v) is 3.24. The molecule has 2 N–H and O–H groups in total. The minimum absolute atomic E-state index is 0.234. The lowest BCUT2D eigenvalue weighted by Crippen LogP contribution is -2.12. The number of carbonyl (C=O) groups is 1. The second-order valence-corrected chi connectivity index (χ2v) is 4.75. The number of rotatable bonds is 3. The number of benzene rings is 1. The average molecular weight is 298 g/mol. The maximum atomic E-state index is 11.2. The maximum Gasteiger partial charge on any atom is 0.267 e. The van der Waals surface area contributed by atoms with Crippen molar-refractivity contribution >= 4 is 28.4 Å². The van der Waals surface area contributed by atoms with E-state index in [4.69, 9.17) is 17.3 Å². The smallest absolute Gasteiger partial charge is 0.267 e. The SMILES string of the molecule is NC(=O)c1ccc2ccc([CH]c3nccnc3Cl)cc2n1. The molecule has 0 unspecified atom stereocenters. The summed E-state index contributed by atoms with van der Waals surface area (Å²) in [6.45, 7) is 0. The molecule has 0 saturated carbocycles. The molecular formula is C15H10ClN4O. The van der Waals surface area contributed by atoms with E-state index in [2.05, 4.69) is 15.0 Å². The van der Waals surface area contributed by atoms with Gasteiger partial charge in [-0.05, 0) is 17.7 Å². The van der Waals surface area contributed by atoms with Gasteiger partial charge in [-0.2, -0.15) is 0 Å². The lowest BCUT2D eigenvalue weighted by Gasteiger charge is -2.05. The van der Waals surface area contributed by atoms with Gasteiger partial charge in [0, 0.05) is 24.2 Å². The first-order valence-corrected chi connectivity index (χ1v) is 6.53. The Kier molecular flexibility index (Phi) is 3.50. The second-order valence-electron chi connectivity index (χ2n) is 4.39. The van der Waals surface area contributed by atoms with Crippen LogP contribution in [0.3, 0.4) is 0 Å². The number of nitrogens with zero attached hydrogens (tertiary/aromatic N) is 3. The number of nitrogens with two attached hydrogens (primary N) is 1. The van der Waals surface area contributed by atoms with E-state index in [0.29, 0.717) is 16.4 Å². The monoisotopic (exact) mass is 297 g/mol. The molecule has 0 aliphatic carbocycles. The summed E-state index contributed by atoms with van der Waals surface area (Å²) in [6.07, 6.45) is 4.90. The van der Waals surface area contributed by atoms with Gasteiger partial charge in [0.25, 0.3) is 5.91 Å². The van der Waals surface area contributed by atoms with Crippen LogP contribution in [0.1, 0.15) is 21.7 Å². The number of primary amides is 1. The zero-order valence-corrected chi connectivity index (χ0v) is 11.6. The molecule has 0 fully saturated rings. The van der Waals surface area contributed by atoms with E-state index >= 15 is 0 Å². The van der Waals surface area contributed by atoms with Gasteiger partial charge in [0.05, 0.1) is 11.2 Å². The van der Waals surface area contributed by atoms with Crippen molar-refractivity contribution in [3.63, 3.8) is 0 Å². The molecule has 0 bridgehead atoms. The minimum atomic E-state index is -0.553. The van der Waals surface area contributed by atoms with Gasteiger partial charge in [-0.1, -0.05) is 29.8 Å². The topological polar surface area (TPSA) is 81.8 Å². The van der Waals surface area contributed by atoms with Gasteiger partial charge >= 0.3 is 0 Å². The molecule has 1 aromatic carbocycles. The van der Waals surface area contributed by atoms with Crippen molar-refractivity contribution in [1.29, 1.82) is 0 Å². The summed E-state index contributed by atoms with van der Waals surface area (Å²) in [5.41, 5.74) is 7.59. The van der Waals surface area contributed by atoms with Crippen LogP contribution in [0.2, 0.25) is 5.15 Å². The van der Waals surface area contributed by atoms with Crippen LogP contribution < -0.4 is 5.73 Å². The normalized spacial score (nSPS) is 10.7. The van der Waals surface area contributed by atoms with Crippen molar-refractivity contribution in [3.8, 4) is 0 Å². The van der Waals surface area contributed by atoms with Gasteiger partial charge in [-0.25, -0.2) is 9.97 Å². The van der Waals surface area contributed by atoms with Crippen molar-refractivity contribution in [2.24, 2.45) is 5.73 Å². The molecule has 103 valence electrons. The molecule has 5 nitrogen and oxygen atoms in total. The van der Waals surface area contributed by atoms with Crippen molar-refractivity contribution < 1.29 is 4.79 Å². The number of carbonyl (C=O) groups excluding carboxylic acids is 1. The third kappa shape index (κ3) is 2.83. The fourth-order valence-corrected chi connectivity index (χ4v) is 2.11. The van der Waals surface area contributed by atoms with Gasteiger partial charge in [0.2, 0.25) is 0 Å². The third-order valence-electron chi connectivity index (χ3n) is 2.95. The number of halogens is 1. The molecule has 1 radical (unpaired) electrons. The summed E-state index contributed by atoms with van der Waals surface area (Å²) in [6, 6.07) is 9.07. The Hall–Kier alpha value is -2.53. The van der Waals surface area contributed by atoms with E-state index in [-0.39, 0.29) is 5.69 Å². The fourth-order valence-electron chi connectivity index (χ4n) is 1.95. The quantitative estimate of drug-likeness (QED) is 0.804. The largest absolute Gasteiger partial charge is 0.364 e. The van der Waals surface area contributed by atoms with Crippen LogP contribution in [0.15, 0.2) is 42.7 Å². The minimum Gasteiger partial charge on any atom is -0.364 e. The Balaban J connectivity index is 2.00. The molecule has 0 spiro atoms. The van der Waals surface area contributed by atoms with Crippen molar-refractivity contribution in [1.82, 2.24) is 15.0 Å². The number of hydrogen-bond acceptors (Lipinski definition) is 4. The molecule has 2 aromatic heterocycles. The van der Waals surface area contributed by atoms with Crippen LogP contribution >= 0.6 is 11.6 Å². The van der Waals surface area contributed by atoms with E-state index in [9.17, 15) is 4.79 Å². The predicted molar refractivity (Wildman–Crippen MR) is 79.8 cm³/mol. The van der Waals surface area contributed by atoms with Gasteiger partial charge < -0.3 is 5.73 Å². The Morgan fingerprint density at radius 3 is 2.67 bits per heavy atom. The number of fused-ring (bicyclic) bond motifs is 1. The molecule has 1 amide bonds. The van der Waals surface area contributed by atoms with Crippen molar-refractivity contribution in [2.45, 2.75) is 0 Å². The van der Waals surface area contributed by atoms with E-state index in [1.54, 1.807) is 18.7 Å². The molecule has 0 saturated heterocycles. The highest BCUT2D eigenvalue weighted by Crippen LogP contribution is 2.20. The van der Waals surface area contributed by atoms with Gasteiger partial charge in [0.1, 0.15) is 5.69 Å². The van der Waals surface area contributed by atoms with E-state index in [0.717, 1.165) is 10.9 Å². The first-order valence-electron chi connectivity index (χ1n) is 6.15. The Morgan fingerprint density at radius 2 is 1.90 bits per heavy atom. The van der Waals surface area contributed by atoms with Crippen LogP contribution in [0.4, 0.5) is 0 Å². The Labute approximate surface area is 125 Å². The van der Waals surface area contributed by atoms with Gasteiger partial charge in [-0.3, -0.25) is 9.78 Å². The van der Waals surface area contributed by atoms with Crippen molar-refractivity contribution in [2.75, 3.05) is 0 Å². The summed E-state index contributed by atoms with van der Waals surface area (Å²) in [5, 5.41) is 1.25. The number of hydrogen-bond donors (Lipinski definition) is 1. The highest BCUT2D eigenvalue weighted by molar-refractivity contribution is 6.30. The highest BCUT2D eigenvalue weighted by Gasteiger charge is 2.07. The van der Waals surface area contributed by atoms with E-state index in [1.165, 1.54) is 6.20 Å². The highest BCUT2D eigenvalue weighted by atomic mass is 35.5. The maximum absolute atomic E-state index is 11.2. The molecular weight excluding hydrogens is 288 g/mol. The predicted octanol–water partition coefficient (Wildman–Crippen LogP) is 2.38. The molecule has 3 aromatic rings. The molecule has 0 aliphatic heterocycles.